The van der Waals surface area contributed by atoms with Gasteiger partial charge in [0, 0.05) is 36.4 Å². The highest BCUT2D eigenvalue weighted by Gasteiger charge is 2.38. The fraction of sp³-hybridized carbons (Fsp3) is 0.519. The molecule has 3 aromatic rings. The first-order valence-corrected chi connectivity index (χ1v) is 25.8. The number of carboxylic acid groups (broad SMARTS) is 1. The average Bonchev–Trinajstić information content (AvgIpc) is 3.81. The average molecular weight is 1130 g/mol. The number of nitrogens with two attached hydrogens (primary N) is 3. The number of benzene rings is 2. The summed E-state index contributed by atoms with van der Waals surface area (Å²) < 4.78 is 0. The van der Waals surface area contributed by atoms with Crippen LogP contribution in [0.25, 0.3) is 10.9 Å². The van der Waals surface area contributed by atoms with Crippen LogP contribution in [0.5, 0.6) is 5.75 Å². The smallest absolute Gasteiger partial charge is 0.326 e. The summed E-state index contributed by atoms with van der Waals surface area (Å²) in [7, 11) is 0. The van der Waals surface area contributed by atoms with E-state index in [1.165, 1.54) is 31.2 Å². The van der Waals surface area contributed by atoms with E-state index < -0.39 is 163 Å². The number of carboxylic acids is 1. The highest BCUT2D eigenvalue weighted by Crippen LogP contribution is 2.20. The molecule has 0 radical (unpaired) electrons. The van der Waals surface area contributed by atoms with E-state index in [1.54, 1.807) is 58.2 Å². The summed E-state index contributed by atoms with van der Waals surface area (Å²) in [5.41, 5.74) is 17.9. The monoisotopic (exact) mass is 1120 g/mol. The van der Waals surface area contributed by atoms with Crippen LogP contribution in [0.4, 0.5) is 0 Å². The summed E-state index contributed by atoms with van der Waals surface area (Å²) >= 11 is 0. The first-order chi connectivity index (χ1) is 37.6. The van der Waals surface area contributed by atoms with Gasteiger partial charge in [0.15, 0.2) is 0 Å². The number of aliphatic hydroxyl groups is 3. The molecule has 0 fully saturated rings. The highest BCUT2D eigenvalue weighted by molar-refractivity contribution is 5.99. The minimum absolute atomic E-state index is 0.107. The Bertz CT molecular complexity index is 2660. The van der Waals surface area contributed by atoms with Crippen molar-refractivity contribution in [1.82, 2.24) is 47.5 Å². The van der Waals surface area contributed by atoms with Crippen LogP contribution >= 0.6 is 0 Å². The van der Waals surface area contributed by atoms with Crippen LogP contribution in [0.1, 0.15) is 84.8 Å². The van der Waals surface area contributed by atoms with E-state index in [0.29, 0.717) is 28.5 Å². The van der Waals surface area contributed by atoms with Crippen molar-refractivity contribution >= 4 is 75.9 Å². The standard InChI is InChI=1S/C52H76N12O16/c1-7-25(4)42(63-49(76)41(55)26(5)66)50(77)61-37(21-40(54)70)46(73)58-35(19-28-12-14-30(68)15-13-28)47(74)64-43(27(6)67)51(78)60-34(18-24(2)3)44(71)59-36(20-29-22-56-32-11-9-8-10-31(29)32)45(72)62-38(23-65)48(75)57-33(52(79)80)16-17-39(53)69/h8-15,22,24-27,33-38,41-43,56,65-68H,7,16-21,23,55H2,1-6H3,(H2,53,69)(H2,54,70)(H,57,75)(H,58,73)(H,59,71)(H,60,78)(H,61,77)(H,62,72)(H,63,76)(H,64,74)(H,79,80)/t25-,26+,27+,33-,34-,35-,36-,37-,38-,41-,42-,43-/m0/s1. The van der Waals surface area contributed by atoms with Crippen molar-refractivity contribution < 1.29 is 78.3 Å². The third kappa shape index (κ3) is 20.5. The van der Waals surface area contributed by atoms with Gasteiger partial charge in [-0.1, -0.05) is 64.4 Å². The maximum Gasteiger partial charge on any atom is 0.326 e. The molecule has 28 heteroatoms. The molecular weight excluding hydrogens is 1050 g/mol. The van der Waals surface area contributed by atoms with Crippen LogP contribution in [0.2, 0.25) is 0 Å². The van der Waals surface area contributed by atoms with Crippen molar-refractivity contribution in [3.05, 3.63) is 65.9 Å². The molecule has 0 aliphatic carbocycles. The van der Waals surface area contributed by atoms with E-state index in [2.05, 4.69) is 47.5 Å². The number of carbonyl (C=O) groups excluding carboxylic acids is 10. The van der Waals surface area contributed by atoms with Crippen LogP contribution in [0.3, 0.4) is 0 Å². The normalized spacial score (nSPS) is 15.8. The number of para-hydroxylation sites is 1. The summed E-state index contributed by atoms with van der Waals surface area (Å²) in [4.78, 5) is 150. The Labute approximate surface area is 460 Å². The van der Waals surface area contributed by atoms with Gasteiger partial charge in [-0.05, 0) is 67.9 Å². The number of aliphatic carboxylic acids is 1. The molecule has 0 saturated carbocycles. The van der Waals surface area contributed by atoms with Crippen molar-refractivity contribution in [2.45, 2.75) is 153 Å². The number of aromatic amines is 1. The number of aromatic hydroxyl groups is 1. The first kappa shape index (κ1) is 66.1. The topological polar surface area (TPSA) is 479 Å². The molecule has 2 aromatic carbocycles. The molecule has 0 unspecified atom stereocenters. The van der Waals surface area contributed by atoms with Crippen molar-refractivity contribution in [3.8, 4) is 5.75 Å². The van der Waals surface area contributed by atoms with Crippen molar-refractivity contribution in [1.29, 1.82) is 0 Å². The Morgan fingerprint density at radius 2 is 1.07 bits per heavy atom. The Morgan fingerprint density at radius 3 is 1.62 bits per heavy atom. The number of amides is 10. The van der Waals surface area contributed by atoms with Crippen molar-refractivity contribution in [2.75, 3.05) is 6.61 Å². The number of primary amides is 2. The van der Waals surface area contributed by atoms with Gasteiger partial charge in [-0.25, -0.2) is 4.79 Å². The zero-order valence-corrected chi connectivity index (χ0v) is 45.3. The molecular formula is C52H76N12O16. The number of phenols is 1. The lowest BCUT2D eigenvalue weighted by molar-refractivity contribution is -0.143. The summed E-state index contributed by atoms with van der Waals surface area (Å²) in [6.07, 6.45) is -3.47. The van der Waals surface area contributed by atoms with Crippen LogP contribution in [0, 0.1) is 11.8 Å². The summed E-state index contributed by atoms with van der Waals surface area (Å²) in [5.74, 6) is -12.9. The number of aliphatic hydroxyl groups excluding tert-OH is 3. The fourth-order valence-electron chi connectivity index (χ4n) is 8.10. The largest absolute Gasteiger partial charge is 0.508 e. The summed E-state index contributed by atoms with van der Waals surface area (Å²) in [5, 5.41) is 70.6. The van der Waals surface area contributed by atoms with Crippen LogP contribution in [0.15, 0.2) is 54.7 Å². The Kier molecular flexibility index (Phi) is 25.9. The van der Waals surface area contributed by atoms with Crippen molar-refractivity contribution in [2.24, 2.45) is 29.0 Å². The van der Waals surface area contributed by atoms with E-state index in [0.717, 1.165) is 6.92 Å². The molecule has 0 saturated heterocycles. The second-order valence-electron chi connectivity index (χ2n) is 20.0. The molecule has 0 aliphatic heterocycles. The number of nitrogens with one attached hydrogen (secondary N) is 9. The Morgan fingerprint density at radius 1 is 0.575 bits per heavy atom. The molecule has 10 amide bonds. The number of rotatable bonds is 33. The Hall–Kier alpha value is -8.21. The minimum Gasteiger partial charge on any atom is -0.508 e. The number of hydrogen-bond acceptors (Lipinski definition) is 16. The molecule has 80 heavy (non-hydrogen) atoms. The molecule has 20 N–H and O–H groups in total. The predicted molar refractivity (Wildman–Crippen MR) is 286 cm³/mol. The summed E-state index contributed by atoms with van der Waals surface area (Å²) in [6, 6.07) is -2.23. The third-order valence-electron chi connectivity index (χ3n) is 12.9. The lowest BCUT2D eigenvalue weighted by atomic mass is 9.97. The highest BCUT2D eigenvalue weighted by atomic mass is 16.4. The molecule has 440 valence electrons. The van der Waals surface area contributed by atoms with E-state index >= 15 is 0 Å². The van der Waals surface area contributed by atoms with Crippen LogP contribution < -0.4 is 59.7 Å². The number of fused-ring (bicyclic) bond motifs is 1. The van der Waals surface area contributed by atoms with Gasteiger partial charge in [0.25, 0.3) is 0 Å². The van der Waals surface area contributed by atoms with Gasteiger partial charge >= 0.3 is 5.97 Å². The molecule has 0 spiro atoms. The molecule has 0 bridgehead atoms. The second-order valence-corrected chi connectivity index (χ2v) is 20.0. The summed E-state index contributed by atoms with van der Waals surface area (Å²) in [6.45, 7) is 8.07. The van der Waals surface area contributed by atoms with E-state index in [-0.39, 0.29) is 30.9 Å². The van der Waals surface area contributed by atoms with Crippen LogP contribution in [-0.4, -0.2) is 169 Å². The number of carbonyl (C=O) groups is 11. The molecule has 1 heterocycles. The van der Waals surface area contributed by atoms with E-state index in [4.69, 9.17) is 17.2 Å². The van der Waals surface area contributed by atoms with Crippen LogP contribution in [-0.2, 0) is 65.6 Å². The van der Waals surface area contributed by atoms with E-state index in [9.17, 15) is 78.3 Å². The predicted octanol–water partition coefficient (Wildman–Crippen LogP) is -4.06. The molecule has 1 aromatic heterocycles. The zero-order chi connectivity index (χ0) is 60.1. The minimum atomic E-state index is -1.87. The van der Waals surface area contributed by atoms with Gasteiger partial charge in [-0.15, -0.1) is 0 Å². The maximum absolute atomic E-state index is 14.4. The number of hydrogen-bond donors (Lipinski definition) is 17. The quantitative estimate of drug-likeness (QED) is 0.0276. The lowest BCUT2D eigenvalue weighted by Gasteiger charge is -2.29. The first-order valence-electron chi connectivity index (χ1n) is 25.8. The number of phenolic OH excluding ortho intramolecular Hbond substituents is 1. The lowest BCUT2D eigenvalue weighted by Crippen LogP contribution is -2.63. The molecule has 3 rings (SSSR count). The number of aromatic nitrogens is 1. The molecule has 12 atom stereocenters. The van der Waals surface area contributed by atoms with E-state index in [1.807, 2.05) is 0 Å². The van der Waals surface area contributed by atoms with Gasteiger partial charge in [-0.2, -0.15) is 0 Å². The number of H-pyrrole nitrogens is 1. The van der Waals surface area contributed by atoms with Gasteiger partial charge in [0.2, 0.25) is 59.1 Å². The third-order valence-corrected chi connectivity index (χ3v) is 12.9. The molecule has 0 aliphatic rings. The Balaban J connectivity index is 1.97. The fourth-order valence-corrected chi connectivity index (χ4v) is 8.10. The van der Waals surface area contributed by atoms with Gasteiger partial charge in [0.05, 0.1) is 25.2 Å². The second kappa shape index (κ2) is 31.4. The van der Waals surface area contributed by atoms with Crippen molar-refractivity contribution in [3.63, 3.8) is 0 Å². The molecule has 28 nitrogen and oxygen atoms in total. The van der Waals surface area contributed by atoms with Gasteiger partial charge in [0.1, 0.15) is 60.1 Å². The van der Waals surface area contributed by atoms with Gasteiger partial charge < -0.3 is 90.3 Å². The SMILES string of the molecule is CC[C@H](C)[C@H](NC(=O)[C@@H](N)[C@@H](C)O)C(=O)N[C@@H](CC(N)=O)C(=O)N[C@@H](Cc1ccc(O)cc1)C(=O)N[C@H](C(=O)N[C@@H](CC(C)C)C(=O)N[C@@H](Cc1c[nH]c2ccccc12)C(=O)N[C@@H](CO)C(=O)N[C@@H](CCC(N)=O)C(=O)O)[C@@H](C)O. The maximum atomic E-state index is 14.4. The van der Waals surface area contributed by atoms with Gasteiger partial charge in [-0.3, -0.25) is 47.9 Å². The zero-order valence-electron chi connectivity index (χ0n) is 45.3.